The van der Waals surface area contributed by atoms with Gasteiger partial charge < -0.3 is 10.6 Å². The van der Waals surface area contributed by atoms with Crippen LogP contribution in [-0.2, 0) is 0 Å². The van der Waals surface area contributed by atoms with Crippen LogP contribution in [0.25, 0.3) is 0 Å². The van der Waals surface area contributed by atoms with E-state index in [1.165, 1.54) is 84.1 Å². The summed E-state index contributed by atoms with van der Waals surface area (Å²) in [4.78, 5) is 2.84. The fraction of sp³-hybridized carbons (Fsp3) is 1.00. The molecule has 0 atom stereocenters. The summed E-state index contributed by atoms with van der Waals surface area (Å²) in [5, 5.41) is 7.19. The Kier molecular flexibility index (Phi) is 4.22. The lowest BCUT2D eigenvalue weighted by Gasteiger charge is -2.49. The maximum Gasteiger partial charge on any atom is 0.0334 e. The minimum absolute atomic E-state index is 0.508. The summed E-state index contributed by atoms with van der Waals surface area (Å²) >= 11 is 0. The van der Waals surface area contributed by atoms with E-state index in [9.17, 15) is 0 Å². The molecule has 2 saturated heterocycles. The van der Waals surface area contributed by atoms with E-state index >= 15 is 0 Å². The van der Waals surface area contributed by atoms with Crippen LogP contribution >= 0.6 is 0 Å². The van der Waals surface area contributed by atoms with E-state index in [1.807, 2.05) is 0 Å². The first-order valence-electron chi connectivity index (χ1n) is 8.08. The van der Waals surface area contributed by atoms with E-state index in [4.69, 9.17) is 0 Å². The highest BCUT2D eigenvalue weighted by Crippen LogP contribution is 2.35. The Hall–Kier alpha value is -0.120. The molecule has 0 bridgehead atoms. The van der Waals surface area contributed by atoms with E-state index < -0.39 is 0 Å². The Morgan fingerprint density at radius 1 is 0.944 bits per heavy atom. The Bertz CT molecular complexity index is 250. The van der Waals surface area contributed by atoms with Crippen molar-refractivity contribution in [3.63, 3.8) is 0 Å². The first-order chi connectivity index (χ1) is 8.89. The molecule has 1 aliphatic carbocycles. The van der Waals surface area contributed by atoms with Crippen molar-refractivity contribution in [1.29, 1.82) is 0 Å². The maximum atomic E-state index is 3.82. The molecule has 0 amide bonds. The largest absolute Gasteiger partial charge is 0.314 e. The van der Waals surface area contributed by atoms with Crippen molar-refractivity contribution in [3.8, 4) is 0 Å². The molecule has 0 aromatic carbocycles. The molecule has 3 fully saturated rings. The van der Waals surface area contributed by atoms with Crippen molar-refractivity contribution in [3.05, 3.63) is 0 Å². The molecule has 3 rings (SSSR count). The highest BCUT2D eigenvalue weighted by Gasteiger charge is 2.38. The number of rotatable bonds is 4. The third-order valence-corrected chi connectivity index (χ3v) is 5.31. The third-order valence-electron chi connectivity index (χ3n) is 5.31. The van der Waals surface area contributed by atoms with Crippen LogP contribution in [-0.4, -0.2) is 49.2 Å². The minimum atomic E-state index is 0.508. The van der Waals surface area contributed by atoms with Crippen LogP contribution < -0.4 is 10.6 Å². The predicted octanol–water partition coefficient (Wildman–Crippen LogP) is 1.74. The molecule has 0 aromatic heterocycles. The van der Waals surface area contributed by atoms with Gasteiger partial charge in [-0.25, -0.2) is 0 Å². The van der Waals surface area contributed by atoms with E-state index in [1.54, 1.807) is 0 Å². The van der Waals surface area contributed by atoms with Gasteiger partial charge in [-0.1, -0.05) is 25.7 Å². The summed E-state index contributed by atoms with van der Waals surface area (Å²) in [7, 11) is 0. The second-order valence-electron chi connectivity index (χ2n) is 6.57. The van der Waals surface area contributed by atoms with E-state index in [2.05, 4.69) is 15.5 Å². The summed E-state index contributed by atoms with van der Waals surface area (Å²) in [6.07, 6.45) is 11.5. The molecule has 3 nitrogen and oxygen atoms in total. The lowest BCUT2D eigenvalue weighted by atomic mass is 9.79. The van der Waals surface area contributed by atoms with Gasteiger partial charge in [0.05, 0.1) is 0 Å². The van der Waals surface area contributed by atoms with Crippen LogP contribution in [0, 0.1) is 0 Å². The Labute approximate surface area is 112 Å². The number of piperidine rings is 1. The van der Waals surface area contributed by atoms with Crippen LogP contribution in [0.2, 0.25) is 0 Å². The zero-order chi connectivity index (χ0) is 12.3. The van der Waals surface area contributed by atoms with Crippen LogP contribution in [0.4, 0.5) is 0 Å². The first kappa shape index (κ1) is 12.9. The molecule has 18 heavy (non-hydrogen) atoms. The second-order valence-corrected chi connectivity index (χ2v) is 6.57. The number of hydrogen-bond donors (Lipinski definition) is 2. The molecule has 3 heteroatoms. The van der Waals surface area contributed by atoms with E-state index in [-0.39, 0.29) is 0 Å². The standard InChI is InChI=1S/C15H29N3/c1-3-7-15(8-4-1,13-17-14-11-16-12-14)18-9-5-2-6-10-18/h14,16-17H,1-13H2. The van der Waals surface area contributed by atoms with Gasteiger partial charge in [0, 0.05) is 31.2 Å². The molecule has 1 saturated carbocycles. The summed E-state index contributed by atoms with van der Waals surface area (Å²) in [5.41, 5.74) is 0.508. The van der Waals surface area contributed by atoms with Gasteiger partial charge in [-0.05, 0) is 38.8 Å². The highest BCUT2D eigenvalue weighted by atomic mass is 15.2. The summed E-state index contributed by atoms with van der Waals surface area (Å²) in [6.45, 7) is 6.29. The normalized spacial score (nSPS) is 30.0. The molecule has 2 N–H and O–H groups in total. The van der Waals surface area contributed by atoms with Crippen LogP contribution in [0.3, 0.4) is 0 Å². The lowest BCUT2D eigenvalue weighted by Crippen LogP contribution is -2.63. The molecule has 2 heterocycles. The molecule has 0 aromatic rings. The number of nitrogens with zero attached hydrogens (tertiary/aromatic N) is 1. The van der Waals surface area contributed by atoms with Gasteiger partial charge in [-0.3, -0.25) is 4.90 Å². The van der Waals surface area contributed by atoms with Crippen molar-refractivity contribution in [2.45, 2.75) is 62.9 Å². The van der Waals surface area contributed by atoms with Crippen molar-refractivity contribution in [1.82, 2.24) is 15.5 Å². The van der Waals surface area contributed by atoms with Crippen molar-refractivity contribution in [2.24, 2.45) is 0 Å². The number of hydrogen-bond acceptors (Lipinski definition) is 3. The Morgan fingerprint density at radius 2 is 1.61 bits per heavy atom. The zero-order valence-corrected chi connectivity index (χ0v) is 11.7. The van der Waals surface area contributed by atoms with Crippen molar-refractivity contribution >= 4 is 0 Å². The molecule has 104 valence electrons. The summed E-state index contributed by atoms with van der Waals surface area (Å²) in [5.74, 6) is 0. The smallest absolute Gasteiger partial charge is 0.0334 e. The first-order valence-corrected chi connectivity index (χ1v) is 8.08. The molecule has 3 aliphatic rings. The molecule has 0 spiro atoms. The quantitative estimate of drug-likeness (QED) is 0.797. The average Bonchev–Trinajstić information content (AvgIpc) is 2.39. The third kappa shape index (κ3) is 2.73. The monoisotopic (exact) mass is 251 g/mol. The predicted molar refractivity (Wildman–Crippen MR) is 75.9 cm³/mol. The molecular formula is C15H29N3. The Morgan fingerprint density at radius 3 is 2.22 bits per heavy atom. The zero-order valence-electron chi connectivity index (χ0n) is 11.7. The highest BCUT2D eigenvalue weighted by molar-refractivity contribution is 4.97. The fourth-order valence-electron chi connectivity index (χ4n) is 3.95. The van der Waals surface area contributed by atoms with Gasteiger partial charge in [-0.15, -0.1) is 0 Å². The van der Waals surface area contributed by atoms with E-state index in [0.717, 1.165) is 6.04 Å². The number of nitrogens with one attached hydrogen (secondary N) is 2. The number of likely N-dealkylation sites (tertiary alicyclic amines) is 1. The molecule has 2 aliphatic heterocycles. The van der Waals surface area contributed by atoms with Crippen LogP contribution in [0.15, 0.2) is 0 Å². The summed E-state index contributed by atoms with van der Waals surface area (Å²) < 4.78 is 0. The molecular weight excluding hydrogens is 222 g/mol. The minimum Gasteiger partial charge on any atom is -0.314 e. The lowest BCUT2D eigenvalue weighted by molar-refractivity contribution is 0.0300. The van der Waals surface area contributed by atoms with Crippen LogP contribution in [0.1, 0.15) is 51.4 Å². The average molecular weight is 251 g/mol. The van der Waals surface area contributed by atoms with Gasteiger partial charge in [0.1, 0.15) is 0 Å². The van der Waals surface area contributed by atoms with Crippen molar-refractivity contribution in [2.75, 3.05) is 32.7 Å². The van der Waals surface area contributed by atoms with E-state index in [0.29, 0.717) is 5.54 Å². The summed E-state index contributed by atoms with van der Waals surface area (Å²) in [6, 6.07) is 0.744. The fourth-order valence-corrected chi connectivity index (χ4v) is 3.95. The molecule has 0 radical (unpaired) electrons. The van der Waals surface area contributed by atoms with Gasteiger partial charge in [0.25, 0.3) is 0 Å². The van der Waals surface area contributed by atoms with Gasteiger partial charge in [0.2, 0.25) is 0 Å². The molecule has 0 unspecified atom stereocenters. The maximum absolute atomic E-state index is 3.82. The van der Waals surface area contributed by atoms with Gasteiger partial charge in [0.15, 0.2) is 0 Å². The van der Waals surface area contributed by atoms with Crippen LogP contribution in [0.5, 0.6) is 0 Å². The topological polar surface area (TPSA) is 27.3 Å². The second kappa shape index (κ2) is 5.89. The van der Waals surface area contributed by atoms with Gasteiger partial charge in [-0.2, -0.15) is 0 Å². The SMILES string of the molecule is C1CCN(C2(CNC3CNC3)CCCCC2)CC1. The Balaban J connectivity index is 1.61. The van der Waals surface area contributed by atoms with Gasteiger partial charge >= 0.3 is 0 Å². The van der Waals surface area contributed by atoms with Crippen molar-refractivity contribution < 1.29 is 0 Å².